The first kappa shape index (κ1) is 12.6. The van der Waals surface area contributed by atoms with Crippen LogP contribution in [0.15, 0.2) is 18.3 Å². The number of fused-ring (bicyclic) bond motifs is 1. The van der Waals surface area contributed by atoms with E-state index in [4.69, 9.17) is 9.31 Å². The Balaban J connectivity index is 1.98. The summed E-state index contributed by atoms with van der Waals surface area (Å²) in [5.41, 5.74) is 1.96. The molecule has 2 aromatic heterocycles. The number of nitrogens with zero attached hydrogens (tertiary/aromatic N) is 3. The quantitative estimate of drug-likeness (QED) is 0.723. The van der Waals surface area contributed by atoms with Gasteiger partial charge >= 0.3 is 7.12 Å². The number of rotatable bonds is 1. The van der Waals surface area contributed by atoms with Crippen molar-refractivity contribution in [3.63, 3.8) is 0 Å². The predicted molar refractivity (Wildman–Crippen MR) is 74.2 cm³/mol. The van der Waals surface area contributed by atoms with Gasteiger partial charge in [0.15, 0.2) is 0 Å². The Kier molecular flexibility index (Phi) is 2.53. The van der Waals surface area contributed by atoms with Gasteiger partial charge in [-0.05, 0) is 39.8 Å². The SMILES string of the molecule is Cn1ncc2nc(B3OC(C)(C)C(C)(C)O3)ccc21. The summed E-state index contributed by atoms with van der Waals surface area (Å²) in [6.45, 7) is 8.15. The minimum absolute atomic E-state index is 0.344. The van der Waals surface area contributed by atoms with Crippen LogP contribution in [0, 0.1) is 0 Å². The van der Waals surface area contributed by atoms with E-state index in [9.17, 15) is 0 Å². The molecule has 0 amide bonds. The van der Waals surface area contributed by atoms with Gasteiger partial charge in [-0.25, -0.2) is 0 Å². The zero-order valence-electron chi connectivity index (χ0n) is 12.0. The van der Waals surface area contributed by atoms with Gasteiger partial charge < -0.3 is 9.31 Å². The van der Waals surface area contributed by atoms with Crippen molar-refractivity contribution in [3.8, 4) is 0 Å². The second-order valence-electron chi connectivity index (χ2n) is 6.00. The molecule has 3 rings (SSSR count). The second kappa shape index (κ2) is 3.80. The van der Waals surface area contributed by atoms with Crippen molar-refractivity contribution in [2.75, 3.05) is 0 Å². The van der Waals surface area contributed by atoms with E-state index in [1.165, 1.54) is 0 Å². The van der Waals surface area contributed by atoms with Crippen molar-refractivity contribution in [1.82, 2.24) is 14.8 Å². The highest BCUT2D eigenvalue weighted by atomic mass is 16.7. The lowest BCUT2D eigenvalue weighted by atomic mass is 9.84. The topological polar surface area (TPSA) is 49.2 Å². The molecule has 0 N–H and O–H groups in total. The fraction of sp³-hybridized carbons (Fsp3) is 0.538. The van der Waals surface area contributed by atoms with E-state index in [0.29, 0.717) is 0 Å². The Labute approximate surface area is 113 Å². The van der Waals surface area contributed by atoms with Gasteiger partial charge in [-0.1, -0.05) is 0 Å². The average Bonchev–Trinajstić information content (AvgIpc) is 2.78. The molecule has 100 valence electrons. The molecule has 0 aliphatic carbocycles. The van der Waals surface area contributed by atoms with Crippen molar-refractivity contribution < 1.29 is 9.31 Å². The third-order valence-electron chi connectivity index (χ3n) is 4.12. The first-order chi connectivity index (χ1) is 8.80. The maximum absolute atomic E-state index is 5.99. The van der Waals surface area contributed by atoms with E-state index in [1.54, 1.807) is 10.9 Å². The van der Waals surface area contributed by atoms with Gasteiger partial charge in [0.1, 0.15) is 5.52 Å². The molecule has 1 fully saturated rings. The van der Waals surface area contributed by atoms with Gasteiger partial charge in [-0.15, -0.1) is 0 Å². The molecule has 0 spiro atoms. The molecule has 6 heteroatoms. The molecule has 3 heterocycles. The Morgan fingerprint density at radius 2 is 1.74 bits per heavy atom. The zero-order chi connectivity index (χ0) is 13.8. The molecule has 1 aliphatic rings. The number of hydrogen-bond donors (Lipinski definition) is 0. The predicted octanol–water partition coefficient (Wildman–Crippen LogP) is 1.27. The molecule has 0 unspecified atom stereocenters. The van der Waals surface area contributed by atoms with Gasteiger partial charge in [0.25, 0.3) is 0 Å². The summed E-state index contributed by atoms with van der Waals surface area (Å²) in [5.74, 6) is 0. The van der Waals surface area contributed by atoms with Crippen LogP contribution in [0.4, 0.5) is 0 Å². The van der Waals surface area contributed by atoms with Crippen molar-refractivity contribution in [2.45, 2.75) is 38.9 Å². The summed E-state index contributed by atoms with van der Waals surface area (Å²) >= 11 is 0. The van der Waals surface area contributed by atoms with E-state index in [-0.39, 0.29) is 11.2 Å². The third kappa shape index (κ3) is 1.86. The molecule has 0 bridgehead atoms. The summed E-state index contributed by atoms with van der Waals surface area (Å²) in [6.07, 6.45) is 1.75. The molecule has 5 nitrogen and oxygen atoms in total. The van der Waals surface area contributed by atoms with E-state index in [0.717, 1.165) is 16.6 Å². The molecule has 1 aliphatic heterocycles. The van der Waals surface area contributed by atoms with Crippen molar-refractivity contribution in [2.24, 2.45) is 7.05 Å². The molecular weight excluding hydrogens is 241 g/mol. The summed E-state index contributed by atoms with van der Waals surface area (Å²) in [5, 5.41) is 4.19. The Morgan fingerprint density at radius 1 is 1.11 bits per heavy atom. The number of pyridine rings is 1. The first-order valence-electron chi connectivity index (χ1n) is 6.44. The van der Waals surface area contributed by atoms with Crippen LogP contribution in [-0.4, -0.2) is 33.1 Å². The van der Waals surface area contributed by atoms with Crippen LogP contribution in [0.5, 0.6) is 0 Å². The summed E-state index contributed by atoms with van der Waals surface area (Å²) in [4.78, 5) is 4.58. The van der Waals surface area contributed by atoms with Gasteiger partial charge in [-0.3, -0.25) is 9.67 Å². The normalized spacial score (nSPS) is 21.2. The highest BCUT2D eigenvalue weighted by Gasteiger charge is 2.52. The summed E-state index contributed by atoms with van der Waals surface area (Å²) < 4.78 is 13.8. The van der Waals surface area contributed by atoms with Crippen molar-refractivity contribution in [1.29, 1.82) is 0 Å². The van der Waals surface area contributed by atoms with E-state index in [1.807, 2.05) is 46.9 Å². The number of aryl methyl sites for hydroxylation is 1. The van der Waals surface area contributed by atoms with E-state index in [2.05, 4.69) is 10.1 Å². The lowest BCUT2D eigenvalue weighted by Crippen LogP contribution is -2.41. The zero-order valence-corrected chi connectivity index (χ0v) is 12.0. The fourth-order valence-corrected chi connectivity index (χ4v) is 2.15. The van der Waals surface area contributed by atoms with Crippen LogP contribution < -0.4 is 5.59 Å². The molecule has 0 radical (unpaired) electrons. The molecule has 2 aromatic rings. The molecule has 0 saturated carbocycles. The van der Waals surface area contributed by atoms with Crippen LogP contribution >= 0.6 is 0 Å². The largest absolute Gasteiger partial charge is 0.514 e. The van der Waals surface area contributed by atoms with Crippen LogP contribution in [0.2, 0.25) is 0 Å². The van der Waals surface area contributed by atoms with E-state index < -0.39 is 7.12 Å². The fourth-order valence-electron chi connectivity index (χ4n) is 2.15. The first-order valence-corrected chi connectivity index (χ1v) is 6.44. The van der Waals surface area contributed by atoms with Crippen molar-refractivity contribution >= 4 is 23.7 Å². The molecule has 19 heavy (non-hydrogen) atoms. The van der Waals surface area contributed by atoms with Crippen molar-refractivity contribution in [3.05, 3.63) is 18.3 Å². The van der Waals surface area contributed by atoms with Gasteiger partial charge in [0.2, 0.25) is 0 Å². The Hall–Kier alpha value is -1.40. The second-order valence-corrected chi connectivity index (χ2v) is 6.00. The summed E-state index contributed by atoms with van der Waals surface area (Å²) in [6, 6.07) is 3.93. The van der Waals surface area contributed by atoms with Gasteiger partial charge in [0, 0.05) is 7.05 Å². The average molecular weight is 259 g/mol. The lowest BCUT2D eigenvalue weighted by Gasteiger charge is -2.32. The van der Waals surface area contributed by atoms with Gasteiger partial charge in [-0.2, -0.15) is 5.10 Å². The third-order valence-corrected chi connectivity index (χ3v) is 4.12. The molecule has 1 saturated heterocycles. The molecule has 0 aromatic carbocycles. The van der Waals surface area contributed by atoms with E-state index >= 15 is 0 Å². The number of hydrogen-bond acceptors (Lipinski definition) is 4. The Bertz CT molecular complexity index is 620. The maximum atomic E-state index is 5.99. The lowest BCUT2D eigenvalue weighted by molar-refractivity contribution is 0.00578. The van der Waals surface area contributed by atoms with Crippen LogP contribution in [0.3, 0.4) is 0 Å². The maximum Gasteiger partial charge on any atom is 0.514 e. The van der Waals surface area contributed by atoms with Gasteiger partial charge in [0.05, 0.1) is 28.5 Å². The van der Waals surface area contributed by atoms with Crippen LogP contribution in [0.25, 0.3) is 11.0 Å². The molecule has 0 atom stereocenters. The van der Waals surface area contributed by atoms with Crippen LogP contribution in [-0.2, 0) is 16.4 Å². The minimum Gasteiger partial charge on any atom is -0.398 e. The number of aromatic nitrogens is 3. The molecular formula is C13H18BN3O2. The minimum atomic E-state index is -0.422. The smallest absolute Gasteiger partial charge is 0.398 e. The highest BCUT2D eigenvalue weighted by Crippen LogP contribution is 2.36. The monoisotopic (exact) mass is 259 g/mol. The standard InChI is InChI=1S/C13H18BN3O2/c1-12(2)13(3,4)19-14(18-12)11-7-6-10-9(16-11)8-15-17(10)5/h6-8H,1-5H3. The Morgan fingerprint density at radius 3 is 2.37 bits per heavy atom. The summed E-state index contributed by atoms with van der Waals surface area (Å²) in [7, 11) is 1.48. The van der Waals surface area contributed by atoms with Crippen LogP contribution in [0.1, 0.15) is 27.7 Å². The highest BCUT2D eigenvalue weighted by molar-refractivity contribution is 6.61.